The number of β-amino-alcohol motifs (C(OH)–C–C–N with tert-alkyl or cyclic N) is 1. The van der Waals surface area contributed by atoms with Crippen LogP contribution in [-0.2, 0) is 22.6 Å². The number of pyridine rings is 1. The van der Waals surface area contributed by atoms with Crippen molar-refractivity contribution in [3.8, 4) is 0 Å². The SMILES string of the molecule is CC(C)[C@H](NC(=O)N(C)Cc1ccccn1)C(=O)N[C@@H](Cc1ccccc1)[C@H](O)CN1CC[C@@H](Sc2ccccc2)C[C@H]1C(=O)NC(C)(C)C. The second-order valence-electron chi connectivity index (χ2n) is 14.5. The Labute approximate surface area is 301 Å². The highest BCUT2D eigenvalue weighted by molar-refractivity contribution is 8.00. The third-order valence-electron chi connectivity index (χ3n) is 8.72. The number of rotatable bonds is 14. The number of thioether (sulfide) groups is 1. The summed E-state index contributed by atoms with van der Waals surface area (Å²) < 4.78 is 0. The second kappa shape index (κ2) is 18.3. The van der Waals surface area contributed by atoms with Gasteiger partial charge in [-0.2, -0.15) is 0 Å². The summed E-state index contributed by atoms with van der Waals surface area (Å²) in [5, 5.41) is 21.2. The maximum absolute atomic E-state index is 13.9. The Kier molecular flexibility index (Phi) is 14.3. The molecule has 1 aliphatic rings. The molecule has 270 valence electrons. The van der Waals surface area contributed by atoms with Crippen LogP contribution in [0.1, 0.15) is 58.7 Å². The van der Waals surface area contributed by atoms with Crippen molar-refractivity contribution in [2.24, 2.45) is 5.92 Å². The molecule has 1 saturated heterocycles. The molecule has 11 heteroatoms. The topological polar surface area (TPSA) is 127 Å². The molecule has 0 radical (unpaired) electrons. The van der Waals surface area contributed by atoms with E-state index in [1.165, 1.54) is 9.80 Å². The van der Waals surface area contributed by atoms with Gasteiger partial charge in [-0.3, -0.25) is 19.5 Å². The summed E-state index contributed by atoms with van der Waals surface area (Å²) in [7, 11) is 1.66. The van der Waals surface area contributed by atoms with E-state index in [2.05, 4.69) is 38.0 Å². The predicted molar refractivity (Wildman–Crippen MR) is 200 cm³/mol. The number of hydrogen-bond acceptors (Lipinski definition) is 7. The van der Waals surface area contributed by atoms with Gasteiger partial charge in [0.2, 0.25) is 11.8 Å². The van der Waals surface area contributed by atoms with Crippen molar-refractivity contribution in [2.45, 2.75) is 100 Å². The number of hydrogen-bond donors (Lipinski definition) is 4. The molecule has 5 atom stereocenters. The summed E-state index contributed by atoms with van der Waals surface area (Å²) in [5.74, 6) is -0.660. The number of carbonyl (C=O) groups is 3. The first-order valence-electron chi connectivity index (χ1n) is 17.5. The first-order valence-corrected chi connectivity index (χ1v) is 18.4. The molecule has 2 heterocycles. The Bertz CT molecular complexity index is 1510. The van der Waals surface area contributed by atoms with Crippen LogP contribution < -0.4 is 16.0 Å². The number of carbonyl (C=O) groups excluding carboxylic acids is 3. The third-order valence-corrected chi connectivity index (χ3v) is 10.0. The second-order valence-corrected chi connectivity index (χ2v) is 15.9. The van der Waals surface area contributed by atoms with Crippen molar-refractivity contribution in [3.63, 3.8) is 0 Å². The zero-order valence-corrected chi connectivity index (χ0v) is 31.0. The first-order chi connectivity index (χ1) is 23.8. The van der Waals surface area contributed by atoms with Gasteiger partial charge in [0.15, 0.2) is 0 Å². The van der Waals surface area contributed by atoms with Gasteiger partial charge in [-0.15, -0.1) is 11.8 Å². The number of aliphatic hydroxyl groups excluding tert-OH is 1. The summed E-state index contributed by atoms with van der Waals surface area (Å²) in [6, 6.07) is 23.1. The standard InChI is InChI=1S/C39H54N6O4S/c1-27(2)35(42-38(49)44(6)25-29-17-13-14-21-40-29)37(48)41-32(23-28-15-9-7-10-16-28)34(46)26-45-22-20-31(50-30-18-11-8-12-19-30)24-33(45)36(47)43-39(3,4)5/h7-19,21,27,31-35,46H,20,22-26H2,1-6H3,(H,41,48)(H,42,49)(H,43,47)/t31-,32+,33+,34-,35+/m1/s1. The molecule has 1 fully saturated rings. The number of piperidine rings is 1. The van der Waals surface area contributed by atoms with Crippen LogP contribution >= 0.6 is 11.8 Å². The molecule has 3 aromatic rings. The largest absolute Gasteiger partial charge is 0.390 e. The van der Waals surface area contributed by atoms with Crippen molar-refractivity contribution < 1.29 is 19.5 Å². The molecule has 0 unspecified atom stereocenters. The molecule has 1 aliphatic heterocycles. The summed E-state index contributed by atoms with van der Waals surface area (Å²) in [6.07, 6.45) is 2.56. The quantitative estimate of drug-likeness (QED) is 0.189. The van der Waals surface area contributed by atoms with Gasteiger partial charge in [0.05, 0.1) is 30.4 Å². The molecular formula is C39H54N6O4S. The Morgan fingerprint density at radius 2 is 1.64 bits per heavy atom. The first kappa shape index (κ1) is 38.9. The Morgan fingerprint density at radius 1 is 0.980 bits per heavy atom. The normalized spacial score (nSPS) is 18.5. The molecule has 2 aromatic carbocycles. The Hall–Kier alpha value is -3.93. The highest BCUT2D eigenvalue weighted by atomic mass is 32.2. The highest BCUT2D eigenvalue weighted by Gasteiger charge is 2.38. The van der Waals surface area contributed by atoms with Gasteiger partial charge in [0, 0.05) is 42.0 Å². The van der Waals surface area contributed by atoms with E-state index >= 15 is 0 Å². The van der Waals surface area contributed by atoms with Crippen LogP contribution in [0.25, 0.3) is 0 Å². The van der Waals surface area contributed by atoms with E-state index in [0.717, 1.165) is 17.7 Å². The predicted octanol–water partition coefficient (Wildman–Crippen LogP) is 4.88. The van der Waals surface area contributed by atoms with Gasteiger partial charge in [-0.1, -0.05) is 68.4 Å². The van der Waals surface area contributed by atoms with Gasteiger partial charge in [-0.25, -0.2) is 4.79 Å². The van der Waals surface area contributed by atoms with Gasteiger partial charge in [-0.05, 0) is 75.8 Å². The summed E-state index contributed by atoms with van der Waals surface area (Å²) in [6.45, 7) is 10.8. The number of amides is 4. The number of nitrogens with one attached hydrogen (secondary N) is 3. The fraction of sp³-hybridized carbons (Fsp3) is 0.487. The van der Waals surface area contributed by atoms with Crippen LogP contribution in [0.15, 0.2) is 90.0 Å². The lowest BCUT2D eigenvalue weighted by Crippen LogP contribution is -2.60. The molecule has 0 spiro atoms. The maximum atomic E-state index is 13.9. The Morgan fingerprint density at radius 3 is 2.26 bits per heavy atom. The minimum absolute atomic E-state index is 0.0656. The molecule has 10 nitrogen and oxygen atoms in total. The van der Waals surface area contributed by atoms with Gasteiger partial charge >= 0.3 is 6.03 Å². The van der Waals surface area contributed by atoms with Crippen molar-refractivity contribution in [1.82, 2.24) is 30.7 Å². The van der Waals surface area contributed by atoms with Crippen LogP contribution in [0.2, 0.25) is 0 Å². The lowest BCUT2D eigenvalue weighted by molar-refractivity contribution is -0.130. The summed E-state index contributed by atoms with van der Waals surface area (Å²) in [4.78, 5) is 49.8. The van der Waals surface area contributed by atoms with Crippen LogP contribution in [-0.4, -0.2) is 92.9 Å². The van der Waals surface area contributed by atoms with Crippen molar-refractivity contribution in [2.75, 3.05) is 20.1 Å². The fourth-order valence-corrected chi connectivity index (χ4v) is 7.30. The van der Waals surface area contributed by atoms with Crippen LogP contribution in [0.5, 0.6) is 0 Å². The maximum Gasteiger partial charge on any atom is 0.318 e. The van der Waals surface area contributed by atoms with E-state index in [4.69, 9.17) is 0 Å². The highest BCUT2D eigenvalue weighted by Crippen LogP contribution is 2.33. The zero-order chi connectivity index (χ0) is 36.3. The minimum Gasteiger partial charge on any atom is -0.390 e. The summed E-state index contributed by atoms with van der Waals surface area (Å²) in [5.41, 5.74) is 1.28. The molecule has 4 N–H and O–H groups in total. The monoisotopic (exact) mass is 702 g/mol. The molecule has 0 saturated carbocycles. The number of likely N-dealkylation sites (tertiary alicyclic amines) is 1. The molecule has 50 heavy (non-hydrogen) atoms. The molecule has 4 amide bonds. The molecule has 0 bridgehead atoms. The van der Waals surface area contributed by atoms with Gasteiger partial charge < -0.3 is 26.0 Å². The van der Waals surface area contributed by atoms with Crippen molar-refractivity contribution in [3.05, 3.63) is 96.3 Å². The van der Waals surface area contributed by atoms with Crippen LogP contribution in [0.4, 0.5) is 4.79 Å². The number of urea groups is 1. The molecule has 0 aliphatic carbocycles. The third kappa shape index (κ3) is 12.1. The molecular weight excluding hydrogens is 649 g/mol. The lowest BCUT2D eigenvalue weighted by atomic mass is 9.95. The van der Waals surface area contributed by atoms with E-state index < -0.39 is 35.8 Å². The lowest BCUT2D eigenvalue weighted by Gasteiger charge is -2.41. The van der Waals surface area contributed by atoms with Crippen LogP contribution in [0, 0.1) is 5.92 Å². The fourth-order valence-electron chi connectivity index (χ4n) is 6.10. The van der Waals surface area contributed by atoms with E-state index in [-0.39, 0.29) is 29.5 Å². The van der Waals surface area contributed by atoms with E-state index in [0.29, 0.717) is 25.9 Å². The zero-order valence-electron chi connectivity index (χ0n) is 30.2. The number of aliphatic hydroxyl groups is 1. The minimum atomic E-state index is -0.988. The van der Waals surface area contributed by atoms with Gasteiger partial charge in [0.1, 0.15) is 6.04 Å². The van der Waals surface area contributed by atoms with Crippen LogP contribution in [0.3, 0.4) is 0 Å². The average Bonchev–Trinajstić information content (AvgIpc) is 3.07. The number of nitrogens with zero attached hydrogens (tertiary/aromatic N) is 3. The Balaban J connectivity index is 1.49. The van der Waals surface area contributed by atoms with E-state index in [1.807, 2.05) is 101 Å². The molecule has 1 aromatic heterocycles. The molecule has 4 rings (SSSR count). The van der Waals surface area contributed by atoms with Crippen molar-refractivity contribution >= 4 is 29.6 Å². The van der Waals surface area contributed by atoms with Crippen molar-refractivity contribution in [1.29, 1.82) is 0 Å². The van der Waals surface area contributed by atoms with Gasteiger partial charge in [0.25, 0.3) is 0 Å². The number of aromatic nitrogens is 1. The smallest absolute Gasteiger partial charge is 0.318 e. The van der Waals surface area contributed by atoms with E-state index in [9.17, 15) is 19.5 Å². The average molecular weight is 703 g/mol. The summed E-state index contributed by atoms with van der Waals surface area (Å²) >= 11 is 1.79. The van der Waals surface area contributed by atoms with E-state index in [1.54, 1.807) is 25.0 Å². The number of benzene rings is 2.